The Bertz CT molecular complexity index is 901. The molecule has 1 aliphatic heterocycles. The predicted molar refractivity (Wildman–Crippen MR) is 93.4 cm³/mol. The van der Waals surface area contributed by atoms with E-state index >= 15 is 0 Å². The Morgan fingerprint density at radius 2 is 2.04 bits per heavy atom. The fraction of sp³-hybridized carbons (Fsp3) is 0.211. The van der Waals surface area contributed by atoms with E-state index in [1.165, 1.54) is 0 Å². The van der Waals surface area contributed by atoms with Gasteiger partial charge >= 0.3 is 0 Å². The fourth-order valence-electron chi connectivity index (χ4n) is 3.15. The summed E-state index contributed by atoms with van der Waals surface area (Å²) < 4.78 is 7.51. The molecule has 1 atom stereocenters. The molecule has 0 amide bonds. The normalized spacial score (nSPS) is 15.3. The van der Waals surface area contributed by atoms with E-state index in [0.29, 0.717) is 12.4 Å². The first kappa shape index (κ1) is 14.6. The number of hydrogen-bond acceptors (Lipinski definition) is 4. The van der Waals surface area contributed by atoms with Gasteiger partial charge in [-0.1, -0.05) is 24.3 Å². The maximum absolute atomic E-state index is 9.95. The Hall–Kier alpha value is -2.95. The second-order valence-corrected chi connectivity index (χ2v) is 5.87. The van der Waals surface area contributed by atoms with Crippen LogP contribution in [0.15, 0.2) is 48.5 Å². The summed E-state index contributed by atoms with van der Waals surface area (Å²) in [6.45, 7) is 4.40. The number of benzene rings is 2. The van der Waals surface area contributed by atoms with Crippen LogP contribution >= 0.6 is 0 Å². The molecule has 0 unspecified atom stereocenters. The average Bonchev–Trinajstić information content (AvgIpc) is 2.98. The number of para-hydroxylation sites is 1. The van der Waals surface area contributed by atoms with Crippen molar-refractivity contribution < 1.29 is 9.84 Å². The van der Waals surface area contributed by atoms with Gasteiger partial charge in [0.2, 0.25) is 0 Å². The van der Waals surface area contributed by atoms with E-state index in [1.807, 2.05) is 42.8 Å². The van der Waals surface area contributed by atoms with Crippen LogP contribution in [0.4, 0.5) is 5.69 Å². The third kappa shape index (κ3) is 2.29. The van der Waals surface area contributed by atoms with Crippen molar-refractivity contribution in [3.63, 3.8) is 0 Å². The van der Waals surface area contributed by atoms with Gasteiger partial charge in [-0.05, 0) is 38.1 Å². The van der Waals surface area contributed by atoms with Crippen LogP contribution in [0.3, 0.4) is 0 Å². The number of nitrogens with one attached hydrogen (secondary N) is 1. The van der Waals surface area contributed by atoms with Crippen molar-refractivity contribution in [3.05, 3.63) is 59.8 Å². The molecule has 0 spiro atoms. The minimum atomic E-state index is -0.150. The summed E-state index contributed by atoms with van der Waals surface area (Å²) in [5.41, 5.74) is 5.24. The fourth-order valence-corrected chi connectivity index (χ4v) is 3.15. The molecule has 5 nitrogen and oxygen atoms in total. The number of rotatable bonds is 3. The van der Waals surface area contributed by atoms with Crippen molar-refractivity contribution in [2.24, 2.45) is 0 Å². The zero-order valence-electron chi connectivity index (χ0n) is 13.7. The van der Waals surface area contributed by atoms with Crippen LogP contribution in [0.5, 0.6) is 11.5 Å². The van der Waals surface area contributed by atoms with Crippen LogP contribution in [0.2, 0.25) is 0 Å². The summed E-state index contributed by atoms with van der Waals surface area (Å²) in [7, 11) is 0. The molecule has 2 heterocycles. The smallest absolute Gasteiger partial charge is 0.161 e. The van der Waals surface area contributed by atoms with Gasteiger partial charge in [-0.2, -0.15) is 5.10 Å². The molecular formula is C19H19N3O2. The van der Waals surface area contributed by atoms with Crippen LogP contribution in [-0.2, 0) is 0 Å². The lowest BCUT2D eigenvalue weighted by molar-refractivity contribution is 0.317. The van der Waals surface area contributed by atoms with Gasteiger partial charge < -0.3 is 15.2 Å². The quantitative estimate of drug-likeness (QED) is 0.767. The highest BCUT2D eigenvalue weighted by Gasteiger charge is 2.26. The second-order valence-electron chi connectivity index (χ2n) is 5.87. The number of fused-ring (bicyclic) bond motifs is 3. The number of nitrogens with zero attached hydrogens (tertiary/aromatic N) is 2. The number of phenolic OH excluding ortho intramolecular Hbond substituents is 1. The number of aromatic nitrogens is 2. The molecule has 122 valence electrons. The third-order valence-corrected chi connectivity index (χ3v) is 4.20. The van der Waals surface area contributed by atoms with Crippen LogP contribution in [0.1, 0.15) is 24.3 Å². The van der Waals surface area contributed by atoms with Crippen LogP contribution in [0.25, 0.3) is 11.3 Å². The van der Waals surface area contributed by atoms with Gasteiger partial charge in [0.05, 0.1) is 18.0 Å². The van der Waals surface area contributed by atoms with Crippen LogP contribution < -0.4 is 10.1 Å². The molecule has 24 heavy (non-hydrogen) atoms. The van der Waals surface area contributed by atoms with E-state index in [-0.39, 0.29) is 11.9 Å². The molecule has 3 aromatic rings. The van der Waals surface area contributed by atoms with Crippen molar-refractivity contribution in [1.29, 1.82) is 0 Å². The van der Waals surface area contributed by atoms with E-state index in [1.54, 1.807) is 6.07 Å². The Balaban J connectivity index is 1.84. The second kappa shape index (κ2) is 5.60. The lowest BCUT2D eigenvalue weighted by Gasteiger charge is -2.29. The summed E-state index contributed by atoms with van der Waals surface area (Å²) in [4.78, 5) is 0. The Labute approximate surface area is 140 Å². The maximum Gasteiger partial charge on any atom is 0.161 e. The molecule has 5 heteroatoms. The zero-order chi connectivity index (χ0) is 16.7. The summed E-state index contributed by atoms with van der Waals surface area (Å²) in [6.07, 6.45) is -0.150. The Morgan fingerprint density at radius 1 is 1.21 bits per heavy atom. The molecule has 0 radical (unpaired) electrons. The lowest BCUT2D eigenvalue weighted by Crippen LogP contribution is -2.25. The van der Waals surface area contributed by atoms with E-state index in [9.17, 15) is 5.11 Å². The standard InChI is InChI=1S/C19H19N3O2/c1-3-24-18-11-13(8-9-17(18)23)19-20-15-7-5-4-6-14(15)16-10-12(2)21-22(16)19/h4-11,19-20,23H,3H2,1-2H3/t19-/m1/s1. The Morgan fingerprint density at radius 3 is 2.88 bits per heavy atom. The summed E-state index contributed by atoms with van der Waals surface area (Å²) in [6, 6.07) is 15.7. The first-order valence-corrected chi connectivity index (χ1v) is 8.05. The molecule has 0 bridgehead atoms. The zero-order valence-corrected chi connectivity index (χ0v) is 13.7. The van der Waals surface area contributed by atoms with Gasteiger partial charge in [0.1, 0.15) is 6.17 Å². The number of hydrogen-bond donors (Lipinski definition) is 2. The van der Waals surface area contributed by atoms with Crippen molar-refractivity contribution in [1.82, 2.24) is 9.78 Å². The van der Waals surface area contributed by atoms with E-state index in [0.717, 1.165) is 28.2 Å². The first-order valence-electron chi connectivity index (χ1n) is 8.05. The molecule has 0 aliphatic carbocycles. The number of ether oxygens (including phenoxy) is 1. The maximum atomic E-state index is 9.95. The van der Waals surface area contributed by atoms with Crippen molar-refractivity contribution in [2.75, 3.05) is 11.9 Å². The van der Waals surface area contributed by atoms with E-state index in [4.69, 9.17) is 4.74 Å². The minimum absolute atomic E-state index is 0.147. The van der Waals surface area contributed by atoms with Gasteiger partial charge in [0, 0.05) is 16.8 Å². The number of anilines is 1. The van der Waals surface area contributed by atoms with Gasteiger partial charge in [0.15, 0.2) is 11.5 Å². The minimum Gasteiger partial charge on any atom is -0.504 e. The molecule has 0 saturated carbocycles. The predicted octanol–water partition coefficient (Wildman–Crippen LogP) is 3.94. The molecule has 2 N–H and O–H groups in total. The van der Waals surface area contributed by atoms with Gasteiger partial charge in [-0.25, -0.2) is 4.68 Å². The highest BCUT2D eigenvalue weighted by Crippen LogP contribution is 2.39. The molecule has 1 aromatic heterocycles. The van der Waals surface area contributed by atoms with Crippen LogP contribution in [-0.4, -0.2) is 21.5 Å². The number of phenols is 1. The van der Waals surface area contributed by atoms with Gasteiger partial charge in [-0.3, -0.25) is 0 Å². The van der Waals surface area contributed by atoms with E-state index < -0.39 is 0 Å². The molecule has 4 rings (SSSR count). The summed E-state index contributed by atoms with van der Waals surface area (Å²) >= 11 is 0. The highest BCUT2D eigenvalue weighted by molar-refractivity contribution is 5.78. The summed E-state index contributed by atoms with van der Waals surface area (Å²) in [5, 5.41) is 18.1. The average molecular weight is 321 g/mol. The number of aryl methyl sites for hydroxylation is 1. The largest absolute Gasteiger partial charge is 0.504 e. The Kier molecular flexibility index (Phi) is 3.41. The molecule has 0 fully saturated rings. The number of aromatic hydroxyl groups is 1. The van der Waals surface area contributed by atoms with Crippen LogP contribution in [0, 0.1) is 6.92 Å². The van der Waals surface area contributed by atoms with Gasteiger partial charge in [0.25, 0.3) is 0 Å². The SMILES string of the molecule is CCOc1cc([C@@H]2Nc3ccccc3-c3cc(C)nn32)ccc1O. The van der Waals surface area contributed by atoms with E-state index in [2.05, 4.69) is 28.6 Å². The lowest BCUT2D eigenvalue weighted by atomic mass is 10.0. The van der Waals surface area contributed by atoms with Gasteiger partial charge in [-0.15, -0.1) is 0 Å². The third-order valence-electron chi connectivity index (χ3n) is 4.20. The highest BCUT2D eigenvalue weighted by atomic mass is 16.5. The van der Waals surface area contributed by atoms with Crippen molar-refractivity contribution >= 4 is 5.69 Å². The monoisotopic (exact) mass is 321 g/mol. The molecule has 0 saturated heterocycles. The topological polar surface area (TPSA) is 59.3 Å². The molecule has 1 aliphatic rings. The first-order chi connectivity index (χ1) is 11.7. The van der Waals surface area contributed by atoms with Crippen molar-refractivity contribution in [3.8, 4) is 22.8 Å². The van der Waals surface area contributed by atoms with Crippen molar-refractivity contribution in [2.45, 2.75) is 20.0 Å². The molecular weight excluding hydrogens is 302 g/mol. The molecule has 2 aromatic carbocycles. The summed E-state index contributed by atoms with van der Waals surface area (Å²) in [5.74, 6) is 0.634.